The fourth-order valence-electron chi connectivity index (χ4n) is 4.18. The summed E-state index contributed by atoms with van der Waals surface area (Å²) in [7, 11) is 0. The standard InChI is InChI=1S/C23H24N6/c1-14-9-22(23-26-19-11-15(2)16(3)12-20(19)27-23)28(13-14)21-6-5-18(10-17(21)4)29-24-7-8-25-29/h5-8,10-12,22H,1,9,13H2,2-4H3,(H,26,27)/t22-/m0/s1. The summed E-state index contributed by atoms with van der Waals surface area (Å²) in [4.78, 5) is 12.5. The molecule has 5 rings (SSSR count). The predicted octanol–water partition coefficient (Wildman–Crippen LogP) is 4.58. The van der Waals surface area contributed by atoms with Crippen molar-refractivity contribution < 1.29 is 0 Å². The summed E-state index contributed by atoms with van der Waals surface area (Å²) < 4.78 is 0. The van der Waals surface area contributed by atoms with E-state index in [9.17, 15) is 0 Å². The Bertz CT molecular complexity index is 1180. The Kier molecular flexibility index (Phi) is 4.01. The average Bonchev–Trinajstić information content (AvgIpc) is 3.41. The molecule has 0 bridgehead atoms. The van der Waals surface area contributed by atoms with Crippen molar-refractivity contribution in [2.45, 2.75) is 33.2 Å². The van der Waals surface area contributed by atoms with Crippen LogP contribution in [0.4, 0.5) is 5.69 Å². The van der Waals surface area contributed by atoms with Gasteiger partial charge in [-0.2, -0.15) is 15.0 Å². The first-order valence-corrected chi connectivity index (χ1v) is 9.87. The van der Waals surface area contributed by atoms with E-state index in [1.165, 1.54) is 28.0 Å². The summed E-state index contributed by atoms with van der Waals surface area (Å²) in [6, 6.07) is 10.8. The van der Waals surface area contributed by atoms with E-state index < -0.39 is 0 Å². The van der Waals surface area contributed by atoms with E-state index in [1.54, 1.807) is 17.2 Å². The fraction of sp³-hybridized carbons (Fsp3) is 0.261. The van der Waals surface area contributed by atoms with Crippen molar-refractivity contribution in [3.8, 4) is 5.69 Å². The van der Waals surface area contributed by atoms with Crippen LogP contribution in [0.25, 0.3) is 16.7 Å². The summed E-state index contributed by atoms with van der Waals surface area (Å²) >= 11 is 0. The Labute approximate surface area is 169 Å². The largest absolute Gasteiger partial charge is 0.357 e. The number of aryl methyl sites for hydroxylation is 3. The lowest BCUT2D eigenvalue weighted by molar-refractivity contribution is 0.688. The van der Waals surface area contributed by atoms with Crippen molar-refractivity contribution >= 4 is 16.7 Å². The maximum Gasteiger partial charge on any atom is 0.130 e. The van der Waals surface area contributed by atoms with Gasteiger partial charge in [-0.15, -0.1) is 0 Å². The lowest BCUT2D eigenvalue weighted by Crippen LogP contribution is -2.24. The number of aromatic amines is 1. The van der Waals surface area contributed by atoms with Crippen LogP contribution in [-0.4, -0.2) is 31.5 Å². The first-order valence-electron chi connectivity index (χ1n) is 9.87. The first kappa shape index (κ1) is 17.7. The predicted molar refractivity (Wildman–Crippen MR) is 116 cm³/mol. The number of hydrogen-bond acceptors (Lipinski definition) is 4. The van der Waals surface area contributed by atoms with Gasteiger partial charge in [-0.1, -0.05) is 12.2 Å². The van der Waals surface area contributed by atoms with Crippen LogP contribution in [-0.2, 0) is 0 Å². The van der Waals surface area contributed by atoms with Gasteiger partial charge in [0.15, 0.2) is 0 Å². The number of benzene rings is 2. The minimum absolute atomic E-state index is 0.155. The number of fused-ring (bicyclic) bond motifs is 1. The molecule has 0 spiro atoms. The minimum atomic E-state index is 0.155. The van der Waals surface area contributed by atoms with Crippen LogP contribution in [0.1, 0.15) is 35.0 Å². The molecule has 0 unspecified atom stereocenters. The van der Waals surface area contributed by atoms with Gasteiger partial charge in [-0.25, -0.2) is 4.98 Å². The Morgan fingerprint density at radius 2 is 1.76 bits per heavy atom. The van der Waals surface area contributed by atoms with Gasteiger partial charge < -0.3 is 9.88 Å². The monoisotopic (exact) mass is 384 g/mol. The Morgan fingerprint density at radius 3 is 2.52 bits per heavy atom. The van der Waals surface area contributed by atoms with E-state index in [-0.39, 0.29) is 6.04 Å². The average molecular weight is 384 g/mol. The van der Waals surface area contributed by atoms with Gasteiger partial charge in [0.1, 0.15) is 5.82 Å². The van der Waals surface area contributed by atoms with Crippen molar-refractivity contribution in [2.24, 2.45) is 0 Å². The van der Waals surface area contributed by atoms with E-state index in [4.69, 9.17) is 4.98 Å². The molecule has 1 atom stereocenters. The maximum absolute atomic E-state index is 4.93. The van der Waals surface area contributed by atoms with Crippen LogP contribution >= 0.6 is 0 Å². The smallest absolute Gasteiger partial charge is 0.130 e. The van der Waals surface area contributed by atoms with Gasteiger partial charge in [-0.05, 0) is 74.2 Å². The minimum Gasteiger partial charge on any atom is -0.357 e. The lowest BCUT2D eigenvalue weighted by Gasteiger charge is -2.27. The van der Waals surface area contributed by atoms with E-state index in [2.05, 4.69) is 77.8 Å². The zero-order chi connectivity index (χ0) is 20.1. The van der Waals surface area contributed by atoms with Crippen molar-refractivity contribution in [1.82, 2.24) is 25.0 Å². The molecule has 0 saturated carbocycles. The van der Waals surface area contributed by atoms with Crippen LogP contribution in [0, 0.1) is 20.8 Å². The van der Waals surface area contributed by atoms with Crippen LogP contribution < -0.4 is 4.90 Å². The number of rotatable bonds is 3. The van der Waals surface area contributed by atoms with Crippen LogP contribution in [0.2, 0.25) is 0 Å². The molecule has 1 saturated heterocycles. The molecule has 0 aliphatic carbocycles. The first-order chi connectivity index (χ1) is 14.0. The van der Waals surface area contributed by atoms with Crippen LogP contribution in [0.15, 0.2) is 54.9 Å². The zero-order valence-corrected chi connectivity index (χ0v) is 17.0. The van der Waals surface area contributed by atoms with E-state index in [1.807, 2.05) is 0 Å². The molecular formula is C23H24N6. The molecule has 2 aromatic carbocycles. The van der Waals surface area contributed by atoms with E-state index >= 15 is 0 Å². The molecule has 4 aromatic rings. The van der Waals surface area contributed by atoms with Crippen molar-refractivity contribution in [2.75, 3.05) is 11.4 Å². The highest BCUT2D eigenvalue weighted by Crippen LogP contribution is 2.39. The van der Waals surface area contributed by atoms with Crippen molar-refractivity contribution in [3.05, 3.63) is 77.4 Å². The molecule has 1 N–H and O–H groups in total. The number of imidazole rings is 1. The second kappa shape index (κ2) is 6.58. The summed E-state index contributed by atoms with van der Waals surface area (Å²) in [5, 5.41) is 8.46. The topological polar surface area (TPSA) is 62.6 Å². The quantitative estimate of drug-likeness (QED) is 0.525. The third-order valence-corrected chi connectivity index (χ3v) is 5.82. The Morgan fingerprint density at radius 1 is 1.00 bits per heavy atom. The van der Waals surface area contributed by atoms with Gasteiger partial charge in [0, 0.05) is 12.2 Å². The van der Waals surface area contributed by atoms with Gasteiger partial charge in [0.05, 0.1) is 35.2 Å². The van der Waals surface area contributed by atoms with Crippen LogP contribution in [0.5, 0.6) is 0 Å². The zero-order valence-electron chi connectivity index (χ0n) is 17.0. The number of aromatic nitrogens is 5. The van der Waals surface area contributed by atoms with Gasteiger partial charge in [0.2, 0.25) is 0 Å². The molecule has 2 aromatic heterocycles. The third-order valence-electron chi connectivity index (χ3n) is 5.82. The number of nitrogens with one attached hydrogen (secondary N) is 1. The third kappa shape index (κ3) is 3.01. The second-order valence-electron chi connectivity index (χ2n) is 7.96. The Balaban J connectivity index is 1.53. The number of nitrogens with zero attached hydrogens (tertiary/aromatic N) is 5. The van der Waals surface area contributed by atoms with Gasteiger partial charge in [-0.3, -0.25) is 0 Å². The Hall–Kier alpha value is -3.41. The summed E-state index contributed by atoms with van der Waals surface area (Å²) in [6.45, 7) is 11.5. The summed E-state index contributed by atoms with van der Waals surface area (Å²) in [6.07, 6.45) is 4.28. The highest BCUT2D eigenvalue weighted by Gasteiger charge is 2.32. The lowest BCUT2D eigenvalue weighted by atomic mass is 10.1. The molecule has 6 nitrogen and oxygen atoms in total. The SMILES string of the molecule is C=C1C[C@@H](c2nc3cc(C)c(C)cc3[nH]2)N(c2ccc(-n3nccn3)cc2C)C1. The number of anilines is 1. The molecule has 6 heteroatoms. The van der Waals surface area contributed by atoms with E-state index in [0.29, 0.717) is 0 Å². The van der Waals surface area contributed by atoms with Crippen molar-refractivity contribution in [1.29, 1.82) is 0 Å². The fourth-order valence-corrected chi connectivity index (χ4v) is 4.18. The molecule has 146 valence electrons. The number of hydrogen-bond donors (Lipinski definition) is 1. The molecule has 0 radical (unpaired) electrons. The molecule has 3 heterocycles. The second-order valence-corrected chi connectivity index (χ2v) is 7.96. The highest BCUT2D eigenvalue weighted by atomic mass is 15.5. The highest BCUT2D eigenvalue weighted by molar-refractivity contribution is 5.77. The molecule has 1 aliphatic heterocycles. The molecule has 0 amide bonds. The maximum atomic E-state index is 4.93. The van der Waals surface area contributed by atoms with Gasteiger partial charge in [0.25, 0.3) is 0 Å². The number of H-pyrrole nitrogens is 1. The molecule has 1 fully saturated rings. The summed E-state index contributed by atoms with van der Waals surface area (Å²) in [5.74, 6) is 1.00. The van der Waals surface area contributed by atoms with Gasteiger partial charge >= 0.3 is 0 Å². The van der Waals surface area contributed by atoms with E-state index in [0.717, 1.165) is 35.5 Å². The van der Waals surface area contributed by atoms with Crippen LogP contribution in [0.3, 0.4) is 0 Å². The molecule has 29 heavy (non-hydrogen) atoms. The molecular weight excluding hydrogens is 360 g/mol. The van der Waals surface area contributed by atoms with Crippen molar-refractivity contribution in [3.63, 3.8) is 0 Å². The summed E-state index contributed by atoms with van der Waals surface area (Å²) in [5.41, 5.74) is 9.22. The molecule has 1 aliphatic rings. The normalized spacial score (nSPS) is 16.9.